The van der Waals surface area contributed by atoms with Crippen LogP contribution in [0, 0.1) is 11.3 Å². The zero-order valence-electron chi connectivity index (χ0n) is 7.68. The highest BCUT2D eigenvalue weighted by atomic mass is 19.4. The number of halogens is 4. The molecule has 0 unspecified atom stereocenters. The fourth-order valence-electron chi connectivity index (χ4n) is 1.01. The molecule has 0 saturated heterocycles. The van der Waals surface area contributed by atoms with Crippen LogP contribution in [0.4, 0.5) is 23.4 Å². The van der Waals surface area contributed by atoms with Gasteiger partial charge in [0.15, 0.2) is 5.75 Å². The lowest BCUT2D eigenvalue weighted by Gasteiger charge is -2.12. The molecule has 1 aromatic heterocycles. The number of hydrogen-bond acceptors (Lipinski definition) is 4. The van der Waals surface area contributed by atoms with Gasteiger partial charge in [-0.1, -0.05) is 0 Å². The number of nitriles is 1. The topological polar surface area (TPSA) is 71.9 Å². The number of nitrogens with two attached hydrogens (primary N) is 1. The molecule has 0 aromatic carbocycles. The molecule has 4 nitrogen and oxygen atoms in total. The zero-order valence-corrected chi connectivity index (χ0v) is 7.68. The van der Waals surface area contributed by atoms with Gasteiger partial charge in [0.05, 0.1) is 0 Å². The van der Waals surface area contributed by atoms with E-state index in [-0.39, 0.29) is 5.82 Å². The van der Waals surface area contributed by atoms with E-state index in [1.54, 1.807) is 0 Å². The molecule has 8 heteroatoms. The summed E-state index contributed by atoms with van der Waals surface area (Å²) in [6.07, 6.45) is -5.02. The Labute approximate surface area is 87.3 Å². The van der Waals surface area contributed by atoms with Crippen LogP contribution in [0.5, 0.6) is 5.75 Å². The van der Waals surface area contributed by atoms with Crippen LogP contribution in [0.1, 0.15) is 11.3 Å². The summed E-state index contributed by atoms with van der Waals surface area (Å²) in [4.78, 5) is 3.31. The predicted molar refractivity (Wildman–Crippen MR) is 44.9 cm³/mol. The lowest BCUT2D eigenvalue weighted by atomic mass is 10.2. The second kappa shape index (κ2) is 4.22. The molecule has 2 N–H and O–H groups in total. The fraction of sp³-hybridized carbons (Fsp3) is 0.250. The monoisotopic (exact) mass is 235 g/mol. The Bertz CT molecular complexity index is 438. The predicted octanol–water partition coefficient (Wildman–Crippen LogP) is 1.90. The first kappa shape index (κ1) is 12.0. The van der Waals surface area contributed by atoms with Crippen LogP contribution >= 0.6 is 0 Å². The van der Waals surface area contributed by atoms with Gasteiger partial charge in [0.25, 0.3) is 0 Å². The van der Waals surface area contributed by atoms with E-state index in [2.05, 4.69) is 9.72 Å². The number of nitrogen functional groups attached to an aromatic ring is 1. The van der Waals surface area contributed by atoms with Crippen molar-refractivity contribution in [3.8, 4) is 11.8 Å². The van der Waals surface area contributed by atoms with Crippen LogP contribution in [-0.2, 0) is 6.67 Å². The molecular formula is C8H5F4N3O. The van der Waals surface area contributed by atoms with Gasteiger partial charge in [0.2, 0.25) is 0 Å². The lowest BCUT2D eigenvalue weighted by molar-refractivity contribution is -0.275. The smallest absolute Gasteiger partial charge is 0.402 e. The van der Waals surface area contributed by atoms with Crippen molar-refractivity contribution in [2.24, 2.45) is 0 Å². The Morgan fingerprint density at radius 1 is 1.50 bits per heavy atom. The van der Waals surface area contributed by atoms with E-state index in [0.717, 1.165) is 6.07 Å². The molecule has 0 bridgehead atoms. The SMILES string of the molecule is N#Cc1cc(N)nc(CF)c1OC(F)(F)F. The summed E-state index contributed by atoms with van der Waals surface area (Å²) in [5.74, 6) is -1.20. The molecule has 0 aliphatic carbocycles. The molecule has 0 amide bonds. The summed E-state index contributed by atoms with van der Waals surface area (Å²) in [5, 5.41) is 8.56. The Morgan fingerprint density at radius 2 is 2.12 bits per heavy atom. The number of anilines is 1. The van der Waals surface area contributed by atoms with Crippen molar-refractivity contribution in [3.63, 3.8) is 0 Å². The first-order valence-electron chi connectivity index (χ1n) is 3.88. The molecule has 1 heterocycles. The first-order chi connectivity index (χ1) is 7.37. The fourth-order valence-corrected chi connectivity index (χ4v) is 1.01. The number of nitrogens with zero attached hydrogens (tertiary/aromatic N) is 2. The third-order valence-electron chi connectivity index (χ3n) is 1.53. The van der Waals surface area contributed by atoms with E-state index >= 15 is 0 Å². The second-order valence-corrected chi connectivity index (χ2v) is 2.66. The molecule has 0 saturated carbocycles. The zero-order chi connectivity index (χ0) is 12.3. The minimum atomic E-state index is -5.02. The first-order valence-corrected chi connectivity index (χ1v) is 3.88. The average molecular weight is 235 g/mol. The molecule has 0 radical (unpaired) electrons. The highest BCUT2D eigenvalue weighted by Crippen LogP contribution is 2.30. The number of hydrogen-bond donors (Lipinski definition) is 1. The van der Waals surface area contributed by atoms with Gasteiger partial charge in [-0.15, -0.1) is 13.2 Å². The lowest BCUT2D eigenvalue weighted by Crippen LogP contribution is -2.19. The Morgan fingerprint density at radius 3 is 2.56 bits per heavy atom. The number of aromatic nitrogens is 1. The van der Waals surface area contributed by atoms with E-state index in [1.165, 1.54) is 6.07 Å². The highest BCUT2D eigenvalue weighted by Gasteiger charge is 2.34. The molecule has 0 fully saturated rings. The van der Waals surface area contributed by atoms with Crippen molar-refractivity contribution in [2.75, 3.05) is 5.73 Å². The van der Waals surface area contributed by atoms with Crippen molar-refractivity contribution in [3.05, 3.63) is 17.3 Å². The van der Waals surface area contributed by atoms with Crippen LogP contribution < -0.4 is 10.5 Å². The molecular weight excluding hydrogens is 230 g/mol. The molecule has 86 valence electrons. The molecule has 0 spiro atoms. The molecule has 1 aromatic rings. The summed E-state index contributed by atoms with van der Waals surface area (Å²) in [6.45, 7) is -1.31. The summed E-state index contributed by atoms with van der Waals surface area (Å²) in [5.41, 5.74) is 4.00. The Balaban J connectivity index is 3.29. The van der Waals surface area contributed by atoms with Crippen LogP contribution in [0.25, 0.3) is 0 Å². The quantitative estimate of drug-likeness (QED) is 0.794. The highest BCUT2D eigenvalue weighted by molar-refractivity contribution is 5.51. The van der Waals surface area contributed by atoms with E-state index in [1.807, 2.05) is 0 Å². The Kier molecular flexibility index (Phi) is 3.17. The second-order valence-electron chi connectivity index (χ2n) is 2.66. The van der Waals surface area contributed by atoms with Crippen molar-refractivity contribution in [2.45, 2.75) is 13.0 Å². The summed E-state index contributed by atoms with van der Waals surface area (Å²) >= 11 is 0. The van der Waals surface area contributed by atoms with E-state index in [4.69, 9.17) is 11.0 Å². The van der Waals surface area contributed by atoms with Crippen LogP contribution in [0.3, 0.4) is 0 Å². The van der Waals surface area contributed by atoms with Gasteiger partial charge in [0.1, 0.15) is 29.8 Å². The van der Waals surface area contributed by atoms with Gasteiger partial charge in [-0.2, -0.15) is 5.26 Å². The maximum atomic E-state index is 12.4. The minimum Gasteiger partial charge on any atom is -0.402 e. The molecule has 0 aliphatic rings. The van der Waals surface area contributed by atoms with E-state index in [0.29, 0.717) is 0 Å². The molecule has 1 rings (SSSR count). The number of rotatable bonds is 2. The number of ether oxygens (including phenoxy) is 1. The minimum absolute atomic E-state index is 0.251. The van der Waals surface area contributed by atoms with Gasteiger partial charge >= 0.3 is 6.36 Å². The molecule has 0 aliphatic heterocycles. The van der Waals surface area contributed by atoms with Gasteiger partial charge < -0.3 is 10.5 Å². The maximum Gasteiger partial charge on any atom is 0.573 e. The van der Waals surface area contributed by atoms with Crippen molar-refractivity contribution < 1.29 is 22.3 Å². The van der Waals surface area contributed by atoms with Gasteiger partial charge in [-0.05, 0) is 0 Å². The van der Waals surface area contributed by atoms with Crippen LogP contribution in [0.2, 0.25) is 0 Å². The summed E-state index contributed by atoms with van der Waals surface area (Å²) < 4.78 is 51.8. The summed E-state index contributed by atoms with van der Waals surface area (Å²) in [6, 6.07) is 2.30. The van der Waals surface area contributed by atoms with E-state index in [9.17, 15) is 17.6 Å². The third kappa shape index (κ3) is 2.73. The standard InChI is InChI=1S/C8H5F4N3O/c9-2-5-7(16-8(10,11)12)4(3-13)1-6(14)15-5/h1H,2H2,(H2,14,15). The maximum absolute atomic E-state index is 12.4. The molecule has 16 heavy (non-hydrogen) atoms. The largest absolute Gasteiger partial charge is 0.573 e. The molecule has 0 atom stereocenters. The van der Waals surface area contributed by atoms with Crippen molar-refractivity contribution in [1.82, 2.24) is 4.98 Å². The summed E-state index contributed by atoms with van der Waals surface area (Å²) in [7, 11) is 0. The van der Waals surface area contributed by atoms with Gasteiger partial charge in [0, 0.05) is 6.07 Å². The van der Waals surface area contributed by atoms with Crippen molar-refractivity contribution in [1.29, 1.82) is 5.26 Å². The van der Waals surface area contributed by atoms with E-state index < -0.39 is 30.0 Å². The number of pyridine rings is 1. The van der Waals surface area contributed by atoms with Crippen molar-refractivity contribution >= 4 is 5.82 Å². The average Bonchev–Trinajstić information content (AvgIpc) is 2.18. The number of alkyl halides is 4. The Hall–Kier alpha value is -2.04. The van der Waals surface area contributed by atoms with Gasteiger partial charge in [-0.25, -0.2) is 9.37 Å². The van der Waals surface area contributed by atoms with Crippen LogP contribution in [0.15, 0.2) is 6.07 Å². The van der Waals surface area contributed by atoms with Crippen LogP contribution in [-0.4, -0.2) is 11.3 Å². The normalized spacial score (nSPS) is 10.9. The third-order valence-corrected chi connectivity index (χ3v) is 1.53. The van der Waals surface area contributed by atoms with Gasteiger partial charge in [-0.3, -0.25) is 0 Å².